The predicted molar refractivity (Wildman–Crippen MR) is 139 cm³/mol. The fraction of sp³-hybridized carbons (Fsp3) is 0.520. The molecule has 0 radical (unpaired) electrons. The molecular formula is C25H30ClF2N5O4S. The molecule has 13 heteroatoms. The fourth-order valence-corrected chi connectivity index (χ4v) is 6.85. The van der Waals surface area contributed by atoms with Crippen LogP contribution in [0.4, 0.5) is 20.3 Å². The van der Waals surface area contributed by atoms with E-state index in [1.807, 2.05) is 0 Å². The predicted octanol–water partition coefficient (Wildman–Crippen LogP) is 2.83. The highest BCUT2D eigenvalue weighted by molar-refractivity contribution is 7.89. The number of alkyl halides is 2. The van der Waals surface area contributed by atoms with Gasteiger partial charge in [0.1, 0.15) is 11.0 Å². The average molecular weight is 570 g/mol. The number of carbonyl (C=O) groups is 1. The van der Waals surface area contributed by atoms with Gasteiger partial charge in [0.2, 0.25) is 15.9 Å². The van der Waals surface area contributed by atoms with Crippen molar-refractivity contribution >= 4 is 39.0 Å². The smallest absolute Gasteiger partial charge is 0.276 e. The van der Waals surface area contributed by atoms with E-state index in [0.717, 1.165) is 0 Å². The van der Waals surface area contributed by atoms with Crippen molar-refractivity contribution in [1.29, 1.82) is 0 Å². The Bertz CT molecular complexity index is 1280. The lowest BCUT2D eigenvalue weighted by molar-refractivity contribution is -0.117. The number of rotatable bonds is 6. The van der Waals surface area contributed by atoms with Crippen molar-refractivity contribution < 1.29 is 26.7 Å². The van der Waals surface area contributed by atoms with E-state index in [1.165, 1.54) is 28.6 Å². The zero-order chi connectivity index (χ0) is 27.1. The van der Waals surface area contributed by atoms with Crippen molar-refractivity contribution in [2.75, 3.05) is 55.7 Å². The molecule has 1 aromatic heterocycles. The van der Waals surface area contributed by atoms with E-state index in [1.54, 1.807) is 21.9 Å². The maximum absolute atomic E-state index is 15.3. The van der Waals surface area contributed by atoms with E-state index >= 15 is 8.78 Å². The summed E-state index contributed by atoms with van der Waals surface area (Å²) in [4.78, 5) is 19.8. The van der Waals surface area contributed by atoms with Gasteiger partial charge in [-0.15, -0.1) is 0 Å². The number of amides is 1. The van der Waals surface area contributed by atoms with Crippen LogP contribution >= 0.6 is 11.6 Å². The normalized spacial score (nSPS) is 22.3. The molecule has 0 aliphatic carbocycles. The van der Waals surface area contributed by atoms with Gasteiger partial charge in [-0.2, -0.15) is 4.31 Å². The number of hydrogen-bond acceptors (Lipinski definition) is 7. The van der Waals surface area contributed by atoms with Gasteiger partial charge >= 0.3 is 0 Å². The molecule has 1 aromatic carbocycles. The van der Waals surface area contributed by atoms with E-state index in [-0.39, 0.29) is 73.0 Å². The Morgan fingerprint density at radius 2 is 1.71 bits per heavy atom. The second kappa shape index (κ2) is 10.6. The third-order valence-corrected chi connectivity index (χ3v) is 9.51. The summed E-state index contributed by atoms with van der Waals surface area (Å²) in [7, 11) is -3.79. The van der Waals surface area contributed by atoms with Crippen LogP contribution in [0.1, 0.15) is 24.8 Å². The van der Waals surface area contributed by atoms with E-state index < -0.39 is 21.9 Å². The number of piperazine rings is 1. The van der Waals surface area contributed by atoms with Gasteiger partial charge in [0.25, 0.3) is 5.92 Å². The number of nitrogens with zero attached hydrogens (tertiary/aromatic N) is 4. The summed E-state index contributed by atoms with van der Waals surface area (Å²) in [5.74, 6) is -3.70. The van der Waals surface area contributed by atoms with Crippen molar-refractivity contribution in [2.45, 2.75) is 36.1 Å². The number of aromatic nitrogens is 1. The Morgan fingerprint density at radius 1 is 1.05 bits per heavy atom. The van der Waals surface area contributed by atoms with Crippen molar-refractivity contribution in [2.24, 2.45) is 11.7 Å². The molecule has 1 unspecified atom stereocenters. The third kappa shape index (κ3) is 5.37. The minimum absolute atomic E-state index is 0.0307. The second-order valence-electron chi connectivity index (χ2n) is 9.90. The van der Waals surface area contributed by atoms with Crippen molar-refractivity contribution in [1.82, 2.24) is 9.29 Å². The second-order valence-corrected chi connectivity index (χ2v) is 12.2. The molecule has 3 saturated heterocycles. The fourth-order valence-electron chi connectivity index (χ4n) is 5.22. The van der Waals surface area contributed by atoms with E-state index in [9.17, 15) is 13.2 Å². The molecule has 0 bridgehead atoms. The summed E-state index contributed by atoms with van der Waals surface area (Å²) in [5.41, 5.74) is 6.27. The van der Waals surface area contributed by atoms with Crippen molar-refractivity contribution in [3.05, 3.63) is 47.1 Å². The molecule has 3 aliphatic heterocycles. The molecule has 0 spiro atoms. The Morgan fingerprint density at radius 3 is 2.32 bits per heavy atom. The van der Waals surface area contributed by atoms with Gasteiger partial charge < -0.3 is 20.3 Å². The maximum atomic E-state index is 15.3. The Hall–Kier alpha value is -2.38. The van der Waals surface area contributed by atoms with Gasteiger partial charge in [-0.05, 0) is 49.2 Å². The first-order valence-corrected chi connectivity index (χ1v) is 14.4. The van der Waals surface area contributed by atoms with E-state index in [2.05, 4.69) is 4.98 Å². The molecule has 38 heavy (non-hydrogen) atoms. The number of anilines is 2. The van der Waals surface area contributed by atoms with Gasteiger partial charge in [-0.25, -0.2) is 22.2 Å². The molecule has 4 heterocycles. The third-order valence-electron chi connectivity index (χ3n) is 7.40. The Balaban J connectivity index is 1.27. The summed E-state index contributed by atoms with van der Waals surface area (Å²) < 4.78 is 63.6. The Labute approximate surface area is 225 Å². The minimum atomic E-state index is -3.79. The zero-order valence-electron chi connectivity index (χ0n) is 20.7. The summed E-state index contributed by atoms with van der Waals surface area (Å²) >= 11 is 6.14. The van der Waals surface area contributed by atoms with Crippen LogP contribution in [-0.2, 0) is 25.5 Å². The van der Waals surface area contributed by atoms with Gasteiger partial charge in [-0.1, -0.05) is 11.6 Å². The van der Waals surface area contributed by atoms with Crippen molar-refractivity contribution in [3.8, 4) is 0 Å². The van der Waals surface area contributed by atoms with E-state index in [4.69, 9.17) is 22.1 Å². The van der Waals surface area contributed by atoms with Crippen LogP contribution in [-0.4, -0.2) is 75.6 Å². The zero-order valence-corrected chi connectivity index (χ0v) is 22.3. The summed E-state index contributed by atoms with van der Waals surface area (Å²) in [6.45, 7) is 1.85. The molecular weight excluding hydrogens is 540 g/mol. The summed E-state index contributed by atoms with van der Waals surface area (Å²) in [6.07, 6.45) is 0.795. The lowest BCUT2D eigenvalue weighted by atomic mass is 9.88. The molecule has 206 valence electrons. The summed E-state index contributed by atoms with van der Waals surface area (Å²) in [6, 6.07) is 8.50. The highest BCUT2D eigenvalue weighted by Gasteiger charge is 2.43. The standard InChI is InChI=1S/C25H30ClF2N5O4S/c26-22-13-18(25(27,28)17-5-11-37-12-6-17)14-23(30-22)31-7-9-32(10-8-31)38(35,36)21-3-1-20(2-4-21)33-16-19(29)15-24(33)34/h1-4,13-14,17,19H,5-12,15-16,29H2. The van der Waals surface area contributed by atoms with Crippen molar-refractivity contribution in [3.63, 3.8) is 0 Å². The van der Waals surface area contributed by atoms with Crippen LogP contribution in [0.15, 0.2) is 41.3 Å². The Kier molecular flexibility index (Phi) is 7.62. The van der Waals surface area contributed by atoms with Gasteiger partial charge in [-0.3, -0.25) is 4.79 Å². The number of carbonyl (C=O) groups excluding carboxylic acids is 1. The number of hydrogen-bond donors (Lipinski definition) is 1. The van der Waals surface area contributed by atoms with Gasteiger partial charge in [0, 0.05) is 75.6 Å². The van der Waals surface area contributed by atoms with E-state index in [0.29, 0.717) is 31.3 Å². The number of nitrogens with two attached hydrogens (primary N) is 1. The van der Waals surface area contributed by atoms with Crippen LogP contribution in [0.5, 0.6) is 0 Å². The number of pyridine rings is 1. The number of benzene rings is 1. The molecule has 2 N–H and O–H groups in total. The summed E-state index contributed by atoms with van der Waals surface area (Å²) in [5, 5.41) is -0.0307. The van der Waals surface area contributed by atoms with Crippen LogP contribution in [0, 0.1) is 5.92 Å². The highest BCUT2D eigenvalue weighted by atomic mass is 35.5. The van der Waals surface area contributed by atoms with Gasteiger partial charge in [0.15, 0.2) is 0 Å². The topological polar surface area (TPSA) is 109 Å². The molecule has 1 atom stereocenters. The average Bonchev–Trinajstić information content (AvgIpc) is 3.26. The molecule has 9 nitrogen and oxygen atoms in total. The van der Waals surface area contributed by atoms with Crippen LogP contribution in [0.3, 0.4) is 0 Å². The first kappa shape index (κ1) is 27.2. The van der Waals surface area contributed by atoms with Crippen LogP contribution < -0.4 is 15.5 Å². The largest absolute Gasteiger partial charge is 0.381 e. The first-order chi connectivity index (χ1) is 18.1. The van der Waals surface area contributed by atoms with Crippen LogP contribution in [0.25, 0.3) is 0 Å². The molecule has 0 saturated carbocycles. The number of ether oxygens (including phenoxy) is 1. The maximum Gasteiger partial charge on any atom is 0.276 e. The lowest BCUT2D eigenvalue weighted by Crippen LogP contribution is -2.49. The minimum Gasteiger partial charge on any atom is -0.381 e. The highest BCUT2D eigenvalue weighted by Crippen LogP contribution is 2.42. The quantitative estimate of drug-likeness (QED) is 0.533. The molecule has 3 fully saturated rings. The van der Waals surface area contributed by atoms with Gasteiger partial charge in [0.05, 0.1) is 4.90 Å². The molecule has 1 amide bonds. The molecule has 2 aromatic rings. The first-order valence-electron chi connectivity index (χ1n) is 12.6. The molecule has 3 aliphatic rings. The molecule has 5 rings (SSSR count). The lowest BCUT2D eigenvalue weighted by Gasteiger charge is -2.35. The monoisotopic (exact) mass is 569 g/mol. The SMILES string of the molecule is NC1CC(=O)N(c2ccc(S(=O)(=O)N3CCN(c4cc(C(F)(F)C5CCOCC5)cc(Cl)n4)CC3)cc2)C1. The number of sulfonamides is 1. The van der Waals surface area contributed by atoms with Crippen LogP contribution in [0.2, 0.25) is 5.15 Å². The number of halogens is 3.